The number of sulfonamides is 1. The van der Waals surface area contributed by atoms with Crippen LogP contribution in [-0.2, 0) is 10.0 Å². The van der Waals surface area contributed by atoms with Crippen LogP contribution >= 0.6 is 27.3 Å². The highest BCUT2D eigenvalue weighted by molar-refractivity contribution is 9.10. The maximum absolute atomic E-state index is 12.1. The van der Waals surface area contributed by atoms with Crippen LogP contribution in [0, 0.1) is 5.92 Å². The van der Waals surface area contributed by atoms with Crippen LogP contribution in [-0.4, -0.2) is 26.2 Å². The van der Waals surface area contributed by atoms with Crippen LogP contribution in [0.3, 0.4) is 0 Å². The Hall–Kier alpha value is 0.0500. The third-order valence-electron chi connectivity index (χ3n) is 2.77. The van der Waals surface area contributed by atoms with Gasteiger partial charge in [0.1, 0.15) is 4.21 Å². The van der Waals surface area contributed by atoms with Gasteiger partial charge in [-0.15, -0.1) is 11.3 Å². The molecule has 2 rings (SSSR count). The summed E-state index contributed by atoms with van der Waals surface area (Å²) < 4.78 is 27.8. The second-order valence-corrected chi connectivity index (χ2v) is 7.81. The van der Waals surface area contributed by atoms with Gasteiger partial charge in [-0.1, -0.05) is 0 Å². The summed E-state index contributed by atoms with van der Waals surface area (Å²) in [7, 11) is -3.46. The molecule has 96 valence electrons. The molecule has 0 bridgehead atoms. The van der Waals surface area contributed by atoms with E-state index in [1.54, 1.807) is 11.4 Å². The molecule has 0 aromatic carbocycles. The highest BCUT2D eigenvalue weighted by atomic mass is 79.9. The van der Waals surface area contributed by atoms with E-state index in [0.717, 1.165) is 12.8 Å². The molecular formula is C10H14BrNO3S2. The Balaban J connectivity index is 2.13. The van der Waals surface area contributed by atoms with Crippen LogP contribution in [0.4, 0.5) is 0 Å². The topological polar surface area (TPSA) is 66.4 Å². The van der Waals surface area contributed by atoms with Gasteiger partial charge in [-0.2, -0.15) is 0 Å². The quantitative estimate of drug-likeness (QED) is 0.832. The number of rotatable bonds is 6. The fraction of sp³-hybridized carbons (Fsp3) is 0.600. The van der Waals surface area contributed by atoms with E-state index in [9.17, 15) is 8.42 Å². The number of hydrogen-bond acceptors (Lipinski definition) is 4. The zero-order valence-corrected chi connectivity index (χ0v) is 12.3. The van der Waals surface area contributed by atoms with Crippen molar-refractivity contribution in [2.45, 2.75) is 29.5 Å². The second-order valence-electron chi connectivity index (χ2n) is 4.13. The number of hydrogen-bond donors (Lipinski definition) is 2. The van der Waals surface area contributed by atoms with Crippen molar-refractivity contribution in [1.29, 1.82) is 0 Å². The minimum atomic E-state index is -3.46. The van der Waals surface area contributed by atoms with E-state index in [-0.39, 0.29) is 12.6 Å². The van der Waals surface area contributed by atoms with Gasteiger partial charge in [-0.05, 0) is 52.6 Å². The van der Waals surface area contributed by atoms with Crippen LogP contribution < -0.4 is 4.72 Å². The number of halogens is 1. The smallest absolute Gasteiger partial charge is 0.251 e. The molecule has 1 aliphatic carbocycles. The summed E-state index contributed by atoms with van der Waals surface area (Å²) in [4.78, 5) is 0. The van der Waals surface area contributed by atoms with E-state index in [0.29, 0.717) is 21.0 Å². The van der Waals surface area contributed by atoms with Crippen molar-refractivity contribution < 1.29 is 13.5 Å². The fourth-order valence-corrected chi connectivity index (χ4v) is 5.45. The van der Waals surface area contributed by atoms with Gasteiger partial charge in [0, 0.05) is 17.1 Å². The normalized spacial score (nSPS) is 18.2. The summed E-state index contributed by atoms with van der Waals surface area (Å²) in [6.07, 6.45) is 2.56. The second kappa shape index (κ2) is 5.36. The lowest BCUT2D eigenvalue weighted by Crippen LogP contribution is -2.36. The lowest BCUT2D eigenvalue weighted by Gasteiger charge is -2.16. The van der Waals surface area contributed by atoms with E-state index in [2.05, 4.69) is 20.7 Å². The standard InChI is InChI=1S/C10H14BrNO3S2/c11-8-4-6-16-10(8)17(14,15)12-9(3-5-13)7-1-2-7/h4,6-7,9,12-13H,1-3,5H2. The van der Waals surface area contributed by atoms with Crippen molar-refractivity contribution in [2.75, 3.05) is 6.61 Å². The predicted molar refractivity (Wildman–Crippen MR) is 70.6 cm³/mol. The van der Waals surface area contributed by atoms with Crippen molar-refractivity contribution >= 4 is 37.3 Å². The van der Waals surface area contributed by atoms with Crippen molar-refractivity contribution in [3.05, 3.63) is 15.9 Å². The molecule has 4 nitrogen and oxygen atoms in total. The van der Waals surface area contributed by atoms with Gasteiger partial charge >= 0.3 is 0 Å². The molecule has 0 spiro atoms. The highest BCUT2D eigenvalue weighted by Crippen LogP contribution is 2.35. The summed E-state index contributed by atoms with van der Waals surface area (Å²) in [6, 6.07) is 1.58. The van der Waals surface area contributed by atoms with E-state index in [1.165, 1.54) is 11.3 Å². The molecule has 1 heterocycles. The van der Waals surface area contributed by atoms with Crippen molar-refractivity contribution in [2.24, 2.45) is 5.92 Å². The Morgan fingerprint density at radius 1 is 1.59 bits per heavy atom. The molecule has 1 aromatic rings. The predicted octanol–water partition coefficient (Wildman–Crippen LogP) is 1.95. The molecule has 1 atom stereocenters. The maximum atomic E-state index is 12.1. The zero-order valence-electron chi connectivity index (χ0n) is 9.10. The molecule has 0 radical (unpaired) electrons. The molecule has 1 saturated carbocycles. The number of aliphatic hydroxyl groups excluding tert-OH is 1. The SMILES string of the molecule is O=S(=O)(NC(CCO)C1CC1)c1sccc1Br. The molecule has 1 unspecified atom stereocenters. The molecule has 7 heteroatoms. The number of thiophene rings is 1. The van der Waals surface area contributed by atoms with Gasteiger partial charge < -0.3 is 5.11 Å². The Bertz CT molecular complexity index is 481. The third-order valence-corrected chi connectivity index (χ3v) is 6.93. The number of nitrogens with one attached hydrogen (secondary N) is 1. The van der Waals surface area contributed by atoms with E-state index in [1.807, 2.05) is 0 Å². The summed E-state index contributed by atoms with van der Waals surface area (Å²) in [5.41, 5.74) is 0. The summed E-state index contributed by atoms with van der Waals surface area (Å²) in [5, 5.41) is 10.7. The van der Waals surface area contributed by atoms with Gasteiger partial charge in [0.05, 0.1) is 0 Å². The third kappa shape index (κ3) is 3.29. The molecular weight excluding hydrogens is 326 g/mol. The largest absolute Gasteiger partial charge is 0.396 e. The average Bonchev–Trinajstić information content (AvgIpc) is 3.00. The Kier molecular flexibility index (Phi) is 4.25. The first-order valence-corrected chi connectivity index (χ1v) is 8.56. The van der Waals surface area contributed by atoms with Crippen LogP contribution in [0.5, 0.6) is 0 Å². The van der Waals surface area contributed by atoms with Crippen LogP contribution in [0.25, 0.3) is 0 Å². The monoisotopic (exact) mass is 339 g/mol. The Morgan fingerprint density at radius 3 is 2.76 bits per heavy atom. The molecule has 1 aromatic heterocycles. The molecule has 0 aliphatic heterocycles. The first kappa shape index (κ1) is 13.5. The van der Waals surface area contributed by atoms with Crippen molar-refractivity contribution in [1.82, 2.24) is 4.72 Å². The summed E-state index contributed by atoms with van der Waals surface area (Å²) >= 11 is 4.41. The van der Waals surface area contributed by atoms with Crippen LogP contribution in [0.1, 0.15) is 19.3 Å². The summed E-state index contributed by atoms with van der Waals surface area (Å²) in [6.45, 7) is 0.00922. The fourth-order valence-electron chi connectivity index (χ4n) is 1.75. The van der Waals surface area contributed by atoms with Gasteiger partial charge in [-0.3, -0.25) is 0 Å². The molecule has 1 aliphatic rings. The molecule has 2 N–H and O–H groups in total. The van der Waals surface area contributed by atoms with Crippen molar-refractivity contribution in [3.63, 3.8) is 0 Å². The van der Waals surface area contributed by atoms with Gasteiger partial charge in [0.25, 0.3) is 10.0 Å². The van der Waals surface area contributed by atoms with E-state index in [4.69, 9.17) is 5.11 Å². The van der Waals surface area contributed by atoms with E-state index < -0.39 is 10.0 Å². The van der Waals surface area contributed by atoms with Crippen LogP contribution in [0.2, 0.25) is 0 Å². The van der Waals surface area contributed by atoms with Crippen molar-refractivity contribution in [3.8, 4) is 0 Å². The zero-order chi connectivity index (χ0) is 12.5. The van der Waals surface area contributed by atoms with Crippen LogP contribution in [0.15, 0.2) is 20.1 Å². The van der Waals surface area contributed by atoms with E-state index >= 15 is 0 Å². The first-order valence-electron chi connectivity index (χ1n) is 5.41. The van der Waals surface area contributed by atoms with Gasteiger partial charge in [0.15, 0.2) is 0 Å². The lowest BCUT2D eigenvalue weighted by molar-refractivity contribution is 0.265. The number of aliphatic hydroxyl groups is 1. The minimum Gasteiger partial charge on any atom is -0.396 e. The van der Waals surface area contributed by atoms with Gasteiger partial charge in [-0.25, -0.2) is 13.1 Å². The molecule has 0 saturated heterocycles. The Morgan fingerprint density at radius 2 is 2.29 bits per heavy atom. The molecule has 17 heavy (non-hydrogen) atoms. The van der Waals surface area contributed by atoms with Gasteiger partial charge in [0.2, 0.25) is 0 Å². The molecule has 1 fully saturated rings. The Labute approximate surface area is 113 Å². The maximum Gasteiger partial charge on any atom is 0.251 e. The lowest BCUT2D eigenvalue weighted by atomic mass is 10.1. The average molecular weight is 340 g/mol. The summed E-state index contributed by atoms with van der Waals surface area (Å²) in [5.74, 6) is 0.385. The highest BCUT2D eigenvalue weighted by Gasteiger charge is 2.34. The molecule has 0 amide bonds. The first-order chi connectivity index (χ1) is 8.04. The minimum absolute atomic E-state index is 0.00922.